The Hall–Kier alpha value is -5.03. The molecular weight excluding hydrogens is 667 g/mol. The minimum Gasteiger partial charge on any atom is -0.505 e. The molecule has 3 aromatic carbocycles. The van der Waals surface area contributed by atoms with Crippen LogP contribution in [-0.2, 0) is 19.2 Å². The smallest absolute Gasteiger partial charge is 0.238 e. The van der Waals surface area contributed by atoms with Gasteiger partial charge in [-0.25, -0.2) is 4.39 Å². The maximum absolute atomic E-state index is 14.6. The van der Waals surface area contributed by atoms with E-state index in [1.165, 1.54) is 23.1 Å². The van der Waals surface area contributed by atoms with E-state index in [1.54, 1.807) is 24.3 Å². The molecule has 47 heavy (non-hydrogen) atoms. The highest BCUT2D eigenvalue weighted by atomic mass is 79.9. The van der Waals surface area contributed by atoms with Gasteiger partial charge in [-0.2, -0.15) is 10.2 Å². The third kappa shape index (κ3) is 5.05. The van der Waals surface area contributed by atoms with Crippen LogP contribution in [0.25, 0.3) is 0 Å². The molecule has 1 fully saturated rings. The number of Topliss-reactive ketones (excluding diaryl/α,β-unsaturated/α-hetero) is 1. The van der Waals surface area contributed by atoms with Crippen LogP contribution in [0.2, 0.25) is 0 Å². The van der Waals surface area contributed by atoms with Gasteiger partial charge in [-0.1, -0.05) is 23.8 Å². The van der Waals surface area contributed by atoms with Gasteiger partial charge in [0.05, 0.1) is 33.4 Å². The summed E-state index contributed by atoms with van der Waals surface area (Å²) in [6, 6.07) is 18.3. The van der Waals surface area contributed by atoms with Gasteiger partial charge in [0.15, 0.2) is 23.1 Å². The summed E-state index contributed by atoms with van der Waals surface area (Å²) in [5.74, 6) is -6.17. The highest BCUT2D eigenvalue weighted by Crippen LogP contribution is 2.56. The third-order valence-electron chi connectivity index (χ3n) is 9.42. The lowest BCUT2D eigenvalue weighted by molar-refractivity contribution is -0.123. The maximum Gasteiger partial charge on any atom is 0.238 e. The number of phenols is 1. The number of phenolic OH excluding ortho intramolecular Hbond substituents is 1. The lowest BCUT2D eigenvalue weighted by Crippen LogP contribution is -2.39. The van der Waals surface area contributed by atoms with Crippen molar-refractivity contribution in [3.05, 3.63) is 111 Å². The third-order valence-corrected chi connectivity index (χ3v) is 10.0. The van der Waals surface area contributed by atoms with Crippen LogP contribution in [0.4, 0.5) is 27.1 Å². The Morgan fingerprint density at radius 1 is 0.894 bits per heavy atom. The number of hydrogen-bond acceptors (Lipinski definition) is 8. The van der Waals surface area contributed by atoms with Crippen LogP contribution in [0.3, 0.4) is 0 Å². The highest BCUT2D eigenvalue weighted by molar-refractivity contribution is 9.12. The molecule has 9 nitrogen and oxygen atoms in total. The number of aromatic hydroxyl groups is 1. The number of anilines is 2. The normalized spacial score (nSPS) is 23.9. The van der Waals surface area contributed by atoms with E-state index in [9.17, 15) is 28.7 Å². The van der Waals surface area contributed by atoms with Crippen molar-refractivity contribution in [2.45, 2.75) is 18.8 Å². The van der Waals surface area contributed by atoms with Gasteiger partial charge < -0.3 is 10.0 Å². The average molecular weight is 696 g/mol. The van der Waals surface area contributed by atoms with Gasteiger partial charge in [0, 0.05) is 48.5 Å². The van der Waals surface area contributed by atoms with Crippen LogP contribution in [0.5, 0.6) is 5.75 Å². The summed E-state index contributed by atoms with van der Waals surface area (Å²) in [5, 5.41) is 19.3. The molecule has 4 aliphatic rings. The Morgan fingerprint density at radius 3 is 2.21 bits per heavy atom. The molecule has 0 radical (unpaired) electrons. The van der Waals surface area contributed by atoms with Crippen molar-refractivity contribution in [2.24, 2.45) is 28.0 Å². The minimum absolute atomic E-state index is 0.0597. The van der Waals surface area contributed by atoms with Crippen molar-refractivity contribution < 1.29 is 28.7 Å². The number of fused-ring (bicyclic) bond motifs is 3. The Bertz CT molecular complexity index is 2000. The van der Waals surface area contributed by atoms with Crippen LogP contribution in [0.15, 0.2) is 110 Å². The molecule has 4 atom stereocenters. The molecule has 4 unspecified atom stereocenters. The molecule has 2 amide bonds. The number of carbonyl (C=O) groups is 4. The zero-order chi connectivity index (χ0) is 33.1. The predicted octanol–water partition coefficient (Wildman–Crippen LogP) is 6.98. The summed E-state index contributed by atoms with van der Waals surface area (Å²) in [6.45, 7) is 0. The molecule has 1 aliphatic heterocycles. The van der Waals surface area contributed by atoms with Gasteiger partial charge in [-0.05, 0) is 89.3 Å². The number of halogens is 2. The summed E-state index contributed by atoms with van der Waals surface area (Å²) in [7, 11) is 3.90. The van der Waals surface area contributed by atoms with Crippen LogP contribution in [-0.4, -0.2) is 42.6 Å². The fourth-order valence-corrected chi connectivity index (χ4v) is 7.63. The van der Waals surface area contributed by atoms with E-state index < -0.39 is 52.7 Å². The Kier molecular flexibility index (Phi) is 7.59. The Labute approximate surface area is 277 Å². The van der Waals surface area contributed by atoms with Crippen LogP contribution in [0.1, 0.15) is 24.3 Å². The zero-order valence-corrected chi connectivity index (χ0v) is 26.9. The van der Waals surface area contributed by atoms with Crippen molar-refractivity contribution in [1.29, 1.82) is 0 Å². The first kappa shape index (κ1) is 30.6. The molecule has 1 N–H and O–H groups in total. The van der Waals surface area contributed by atoms with Crippen molar-refractivity contribution in [3.63, 3.8) is 0 Å². The second-order valence-corrected chi connectivity index (χ2v) is 13.1. The number of carbonyl (C=O) groups excluding carboxylic acids is 4. The number of benzene rings is 3. The number of imide groups is 1. The molecule has 3 aliphatic carbocycles. The fraction of sp³-hybridized carbons (Fsp3) is 0.222. The molecule has 11 heteroatoms. The maximum atomic E-state index is 14.6. The minimum atomic E-state index is -0.950. The molecule has 1 saturated heterocycles. The molecule has 236 valence electrons. The molecule has 0 saturated carbocycles. The van der Waals surface area contributed by atoms with Gasteiger partial charge >= 0.3 is 0 Å². The quantitative estimate of drug-likeness (QED) is 0.133. The van der Waals surface area contributed by atoms with Crippen molar-refractivity contribution >= 4 is 62.1 Å². The molecule has 7 rings (SSSR count). The van der Waals surface area contributed by atoms with Gasteiger partial charge in [0.1, 0.15) is 0 Å². The lowest BCUT2D eigenvalue weighted by atomic mass is 9.59. The van der Waals surface area contributed by atoms with E-state index in [0.29, 0.717) is 22.6 Å². The number of amides is 2. The average Bonchev–Trinajstić information content (AvgIpc) is 3.32. The SMILES string of the molecule is CN(C)c1ccc(N=Nc2ccc(N3C(=O)C4CC=C5C(c6cccc(F)c6O)C6=C(CC5C4C3=O)C(=O)C(Br)=CC6=O)cc2)cc1. The zero-order valence-electron chi connectivity index (χ0n) is 25.4. The van der Waals surface area contributed by atoms with Gasteiger partial charge in [0.2, 0.25) is 11.8 Å². The number of nitrogens with zero attached hydrogens (tertiary/aromatic N) is 4. The molecule has 0 spiro atoms. The summed E-state index contributed by atoms with van der Waals surface area (Å²) in [4.78, 5) is 57.8. The first-order valence-corrected chi connectivity index (χ1v) is 15.9. The summed E-state index contributed by atoms with van der Waals surface area (Å²) >= 11 is 3.19. The molecule has 0 bridgehead atoms. The fourth-order valence-electron chi connectivity index (χ4n) is 7.18. The van der Waals surface area contributed by atoms with E-state index in [-0.39, 0.29) is 39.9 Å². The summed E-state index contributed by atoms with van der Waals surface area (Å²) < 4.78 is 14.7. The molecule has 1 heterocycles. The largest absolute Gasteiger partial charge is 0.505 e. The first-order valence-electron chi connectivity index (χ1n) is 15.1. The molecular formula is C36H28BrFN4O5. The predicted molar refractivity (Wildman–Crippen MR) is 177 cm³/mol. The second-order valence-electron chi connectivity index (χ2n) is 12.2. The van der Waals surface area contributed by atoms with Crippen molar-refractivity contribution in [3.8, 4) is 5.75 Å². The molecule has 0 aromatic heterocycles. The van der Waals surface area contributed by atoms with Crippen molar-refractivity contribution in [1.82, 2.24) is 0 Å². The van der Waals surface area contributed by atoms with E-state index in [1.807, 2.05) is 49.3 Å². The van der Waals surface area contributed by atoms with Crippen LogP contribution in [0, 0.1) is 23.6 Å². The second kappa shape index (κ2) is 11.6. The van der Waals surface area contributed by atoms with Gasteiger partial charge in [0.25, 0.3) is 0 Å². The van der Waals surface area contributed by atoms with E-state index in [2.05, 4.69) is 26.2 Å². The highest BCUT2D eigenvalue weighted by Gasteiger charge is 2.57. The van der Waals surface area contributed by atoms with Gasteiger partial charge in [-0.3, -0.25) is 24.1 Å². The summed E-state index contributed by atoms with van der Waals surface area (Å²) in [5.41, 5.74) is 3.74. The Balaban J connectivity index is 1.20. The van der Waals surface area contributed by atoms with Crippen molar-refractivity contribution in [2.75, 3.05) is 23.9 Å². The van der Waals surface area contributed by atoms with Gasteiger partial charge in [-0.15, -0.1) is 0 Å². The Morgan fingerprint density at radius 2 is 1.55 bits per heavy atom. The number of azo groups is 1. The van der Waals surface area contributed by atoms with Crippen LogP contribution < -0.4 is 9.80 Å². The number of hydrogen-bond donors (Lipinski definition) is 1. The number of para-hydroxylation sites is 1. The topological polar surface area (TPSA) is 120 Å². The standard InChI is InChI=1S/C36H28BrFN4O5/c1-41(2)20-10-6-18(7-11-20)39-40-19-8-12-21(13-9-19)42-35(46)24-15-14-22-25(31(24)36(42)47)16-26-32(29(43)17-27(37)33(26)44)30(22)23-4-3-5-28(38)34(23)45/h3-14,17,24-25,30-31,45H,15-16H2,1-2H3. The van der Waals surface area contributed by atoms with E-state index in [4.69, 9.17) is 0 Å². The van der Waals surface area contributed by atoms with E-state index >= 15 is 0 Å². The van der Waals surface area contributed by atoms with E-state index in [0.717, 1.165) is 11.8 Å². The lowest BCUT2D eigenvalue weighted by Gasteiger charge is -2.42. The number of rotatable bonds is 5. The summed E-state index contributed by atoms with van der Waals surface area (Å²) in [6.07, 6.45) is 3.28. The number of ketones is 2. The molecule has 3 aromatic rings. The number of allylic oxidation sites excluding steroid dienone is 6. The van der Waals surface area contributed by atoms with Crippen LogP contribution >= 0.6 is 15.9 Å². The first-order chi connectivity index (χ1) is 22.5. The monoisotopic (exact) mass is 694 g/mol.